The molecule has 120 heavy (non-hydrogen) atoms. The maximum Gasteiger partial charge on any atom is 0.0736 e. The lowest BCUT2D eigenvalue weighted by atomic mass is 10.0. The van der Waals surface area contributed by atoms with Crippen LogP contribution in [0.15, 0.2) is 255 Å². The van der Waals surface area contributed by atoms with Crippen molar-refractivity contribution in [1.29, 1.82) is 0 Å². The average Bonchev–Trinajstić information content (AvgIpc) is 1.66. The van der Waals surface area contributed by atoms with Gasteiger partial charge in [0, 0.05) is 134 Å². The molecule has 0 fully saturated rings. The van der Waals surface area contributed by atoms with Crippen LogP contribution in [-0.4, -0.2) is 59.8 Å². The van der Waals surface area contributed by atoms with Crippen molar-refractivity contribution in [3.05, 3.63) is 356 Å². The highest BCUT2D eigenvalue weighted by atomic mass is 33.1. The Kier molecular flexibility index (Phi) is 19.7. The number of hydrogen-bond donors (Lipinski definition) is 6. The number of hydrogen-bond acceptors (Lipinski definition) is 12. The van der Waals surface area contributed by atoms with E-state index in [9.17, 15) is 0 Å². The topological polar surface area (TPSA) is 172 Å². The van der Waals surface area contributed by atoms with Gasteiger partial charge in [-0.3, -0.25) is 0 Å². The van der Waals surface area contributed by atoms with E-state index < -0.39 is 0 Å². The number of nitrogens with zero attached hydrogens (tertiary/aromatic N) is 6. The van der Waals surface area contributed by atoms with Crippen molar-refractivity contribution in [3.8, 4) is 66.8 Å². The van der Waals surface area contributed by atoms with Gasteiger partial charge in [0.05, 0.1) is 68.3 Å². The molecule has 0 radical (unpaired) electrons. The zero-order valence-corrected chi connectivity index (χ0v) is 69.5. The van der Waals surface area contributed by atoms with Crippen molar-refractivity contribution in [2.45, 2.75) is 34.5 Å². The van der Waals surface area contributed by atoms with E-state index in [1.807, 2.05) is 64.8 Å². The average molecular weight is 1660 g/mol. The summed E-state index contributed by atoms with van der Waals surface area (Å²) in [6.45, 7) is 0. The molecule has 15 aromatic rings. The summed E-state index contributed by atoms with van der Waals surface area (Å²) in [7, 11) is 11.2. The van der Waals surface area contributed by atoms with Gasteiger partial charge in [-0.25, -0.2) is 29.9 Å². The minimum Gasteiger partial charge on any atom is -0.355 e. The molecular weight excluding hydrogens is 1590 g/mol. The van der Waals surface area contributed by atoms with Gasteiger partial charge in [-0.15, -0.1) is 0 Å². The molecular formula is C102H72N12S6. The number of aromatic amines is 6. The lowest BCUT2D eigenvalue weighted by molar-refractivity contribution is 1.31. The fraction of sp³-hybridized carbons (Fsp3) is 0.0588. The molecule has 42 bridgehead atoms. The van der Waals surface area contributed by atoms with Gasteiger partial charge < -0.3 is 29.9 Å². The van der Waals surface area contributed by atoms with Crippen LogP contribution in [0.4, 0.5) is 0 Å². The molecule has 0 saturated heterocycles. The summed E-state index contributed by atoms with van der Waals surface area (Å²) in [6, 6.07) is 92.3. The molecule has 27 rings (SSSR count). The van der Waals surface area contributed by atoms with Gasteiger partial charge >= 0.3 is 0 Å². The second-order valence-corrected chi connectivity index (χ2v) is 37.8. The Labute approximate surface area is 715 Å². The summed E-state index contributed by atoms with van der Waals surface area (Å²) in [5, 5.41) is 0. The third kappa shape index (κ3) is 15.4. The van der Waals surface area contributed by atoms with Crippen LogP contribution in [0.2, 0.25) is 0 Å². The van der Waals surface area contributed by atoms with Crippen LogP contribution in [0.5, 0.6) is 0 Å². The third-order valence-electron chi connectivity index (χ3n) is 22.1. The molecule has 0 atom stereocenters. The molecule has 12 aliphatic rings. The Morgan fingerprint density at radius 2 is 0.342 bits per heavy atom. The van der Waals surface area contributed by atoms with Crippen molar-refractivity contribution < 1.29 is 0 Å². The minimum atomic E-state index is 0.817. The van der Waals surface area contributed by atoms with Crippen LogP contribution in [-0.2, 0) is 34.5 Å². The largest absolute Gasteiger partial charge is 0.355 e. The first-order chi connectivity index (χ1) is 59.2. The molecule has 9 aromatic heterocycles. The van der Waals surface area contributed by atoms with Gasteiger partial charge in [-0.05, 0) is 249 Å². The molecule has 6 N–H and O–H groups in total. The van der Waals surface area contributed by atoms with Crippen LogP contribution >= 0.6 is 64.8 Å². The molecule has 0 saturated carbocycles. The molecule has 12 aliphatic heterocycles. The smallest absolute Gasteiger partial charge is 0.0736 e. The van der Waals surface area contributed by atoms with Crippen molar-refractivity contribution >= 4 is 204 Å². The summed E-state index contributed by atoms with van der Waals surface area (Å²) in [6.07, 6.45) is 25.5. The van der Waals surface area contributed by atoms with Crippen molar-refractivity contribution in [2.75, 3.05) is 0 Å². The molecule has 0 spiro atoms. The van der Waals surface area contributed by atoms with Crippen LogP contribution in [0.25, 0.3) is 206 Å². The monoisotopic (exact) mass is 1660 g/mol. The zero-order valence-electron chi connectivity index (χ0n) is 64.6. The van der Waals surface area contributed by atoms with E-state index in [0.717, 1.165) is 236 Å². The Hall–Kier alpha value is -12.8. The molecule has 0 amide bonds. The Bertz CT molecular complexity index is 6350. The van der Waals surface area contributed by atoms with E-state index in [1.54, 1.807) is 0 Å². The fourth-order valence-electron chi connectivity index (χ4n) is 16.6. The number of H-pyrrole nitrogens is 6. The third-order valence-corrected chi connectivity index (χ3v) is 28.9. The Morgan fingerprint density at radius 3 is 0.508 bits per heavy atom. The quantitative estimate of drug-likeness (QED) is 0.0795. The first kappa shape index (κ1) is 73.6. The lowest BCUT2D eigenvalue weighted by Gasteiger charge is -2.09. The molecule has 0 aliphatic carbocycles. The maximum absolute atomic E-state index is 5.34. The van der Waals surface area contributed by atoms with Crippen molar-refractivity contribution in [2.24, 2.45) is 0 Å². The van der Waals surface area contributed by atoms with E-state index in [0.29, 0.717) is 0 Å². The zero-order chi connectivity index (χ0) is 79.4. The van der Waals surface area contributed by atoms with E-state index >= 15 is 0 Å². The summed E-state index contributed by atoms with van der Waals surface area (Å²) in [4.78, 5) is 54.8. The van der Waals surface area contributed by atoms with Gasteiger partial charge in [-0.2, -0.15) is 0 Å². The van der Waals surface area contributed by atoms with Crippen LogP contribution in [0, 0.1) is 0 Å². The number of benzene rings is 6. The van der Waals surface area contributed by atoms with E-state index in [-0.39, 0.29) is 0 Å². The number of nitrogens with one attached hydrogen (secondary N) is 6. The van der Waals surface area contributed by atoms with Gasteiger partial charge in [0.2, 0.25) is 0 Å². The molecule has 0 unspecified atom stereocenters. The van der Waals surface area contributed by atoms with Crippen molar-refractivity contribution in [1.82, 2.24) is 59.8 Å². The highest BCUT2D eigenvalue weighted by Gasteiger charge is 2.21. The van der Waals surface area contributed by atoms with Crippen LogP contribution in [0.1, 0.15) is 102 Å². The van der Waals surface area contributed by atoms with Crippen LogP contribution < -0.4 is 0 Å². The summed E-state index contributed by atoms with van der Waals surface area (Å²) < 4.78 is 0. The van der Waals surface area contributed by atoms with Crippen LogP contribution in [0.3, 0.4) is 0 Å². The van der Waals surface area contributed by atoms with Gasteiger partial charge in [0.1, 0.15) is 0 Å². The molecule has 21 heterocycles. The molecule has 18 heteroatoms. The Morgan fingerprint density at radius 1 is 0.175 bits per heavy atom. The van der Waals surface area contributed by atoms with Gasteiger partial charge in [0.15, 0.2) is 0 Å². The highest BCUT2D eigenvalue weighted by molar-refractivity contribution is 8.76. The standard InChI is InChI=1S/C102H72N12S6/c1-7-61-43-67(13-1)97-85-31-19-73(103-85)49-75-21-33-87(105-75)99(88-34-22-76(106-88)50-74-20-32-86(97)104-74)69-15-3-9-63(45-69)57-117-118-58-64-10-4-17-71(46-64)101-93-39-27-81(111-93)53-83-29-41-95(113-83)102(96-42-30-84(114-96)54-82-28-40-94(101)112-82)72-18-6-12-66(48-72)60-120-119-59-65-11-5-16-70(47-65)100-91-37-25-79(109-91)51-77-23-35-89(107-77)98(68-14-2-8-62(44-68)56-116-115-55-61)90-36-24-78(108-90)52-80-26-38-92(100)110-80/h1-54,103,106-107,110-111,114H,55-60H2. The summed E-state index contributed by atoms with van der Waals surface area (Å²) >= 11 is 0. The first-order valence-corrected chi connectivity index (χ1v) is 47.3. The summed E-state index contributed by atoms with van der Waals surface area (Å²) in [5.74, 6) is 4.90. The van der Waals surface area contributed by atoms with Crippen molar-refractivity contribution in [3.63, 3.8) is 0 Å². The SMILES string of the molecule is C1=Cc2nc1cc1ccc([nH]1)c1c3nc(cc4ccc([nH]4)c2-c2cccc(c2)CSSCc2cccc(c2)-c2c4nc(cc5ccc([nH]5)c(c5nc(cc6ccc2[nH]6)C=C5)-c2cccc(c2)CSSCc2cccc(c2)-c2c5nc(cc6ccc([nH]6)c(c6nc(cc7ccc2[nH]7)C=C6)-c2cccc(c2)CSSCc2cccc-1c2)C=C5)C=C4)C=C3. The molecule has 576 valence electrons. The van der Waals surface area contributed by atoms with Gasteiger partial charge in [-0.1, -0.05) is 210 Å². The molecule has 6 aromatic carbocycles. The highest BCUT2D eigenvalue weighted by Crippen LogP contribution is 2.43. The second kappa shape index (κ2) is 32.2. The minimum absolute atomic E-state index is 0.817. The lowest BCUT2D eigenvalue weighted by Crippen LogP contribution is -1.89. The number of aromatic nitrogens is 12. The summed E-state index contributed by atoms with van der Waals surface area (Å²) in [5.41, 5.74) is 42.3. The van der Waals surface area contributed by atoms with E-state index in [2.05, 4.69) is 358 Å². The molecule has 12 nitrogen and oxygen atoms in total. The maximum atomic E-state index is 5.34. The first-order valence-electron chi connectivity index (χ1n) is 39.9. The normalized spacial score (nSPS) is 13.9. The number of rotatable bonds is 0. The van der Waals surface area contributed by atoms with E-state index in [1.165, 1.54) is 33.4 Å². The predicted octanol–water partition coefficient (Wildman–Crippen LogP) is 28.2. The Balaban J connectivity index is 0.622. The van der Waals surface area contributed by atoms with Gasteiger partial charge in [0.25, 0.3) is 0 Å². The van der Waals surface area contributed by atoms with E-state index in [4.69, 9.17) is 29.9 Å². The predicted molar refractivity (Wildman–Crippen MR) is 517 cm³/mol. The fourth-order valence-corrected chi connectivity index (χ4v) is 22.9. The second-order valence-electron chi connectivity index (χ2n) is 30.4.